The number of hydrogen-bond acceptors (Lipinski definition) is 3. The molecule has 0 radical (unpaired) electrons. The molecule has 1 aliphatic heterocycles. The Morgan fingerprint density at radius 2 is 1.92 bits per heavy atom. The lowest BCUT2D eigenvalue weighted by molar-refractivity contribution is -0.135. The first-order valence-electron chi connectivity index (χ1n) is 9.67. The van der Waals surface area contributed by atoms with Crippen molar-refractivity contribution in [2.75, 3.05) is 37.6 Å². The third kappa shape index (κ3) is 4.70. The van der Waals surface area contributed by atoms with Crippen molar-refractivity contribution < 1.29 is 9.59 Å². The Balaban J connectivity index is 1.42. The van der Waals surface area contributed by atoms with Crippen molar-refractivity contribution in [1.82, 2.24) is 10.2 Å². The summed E-state index contributed by atoms with van der Waals surface area (Å²) < 4.78 is 0. The lowest BCUT2D eigenvalue weighted by Gasteiger charge is -2.36. The van der Waals surface area contributed by atoms with Crippen LogP contribution >= 0.6 is 11.6 Å². The van der Waals surface area contributed by atoms with Crippen molar-refractivity contribution in [2.24, 2.45) is 11.8 Å². The minimum Gasteiger partial charge on any atom is -0.368 e. The van der Waals surface area contributed by atoms with Gasteiger partial charge in [0.25, 0.3) is 0 Å². The van der Waals surface area contributed by atoms with E-state index in [2.05, 4.69) is 17.1 Å². The predicted molar refractivity (Wildman–Crippen MR) is 104 cm³/mol. The number of benzene rings is 1. The molecule has 0 bridgehead atoms. The highest BCUT2D eigenvalue weighted by Crippen LogP contribution is 2.40. The van der Waals surface area contributed by atoms with Gasteiger partial charge in [0, 0.05) is 43.4 Å². The first kappa shape index (κ1) is 19.0. The molecule has 2 fully saturated rings. The van der Waals surface area contributed by atoms with Crippen LogP contribution in [0.3, 0.4) is 0 Å². The van der Waals surface area contributed by atoms with E-state index in [1.54, 1.807) is 0 Å². The van der Waals surface area contributed by atoms with Gasteiger partial charge < -0.3 is 15.1 Å². The molecule has 142 valence electrons. The summed E-state index contributed by atoms with van der Waals surface area (Å²) in [6, 6.07) is 7.82. The fourth-order valence-electron chi connectivity index (χ4n) is 3.57. The molecule has 5 nitrogen and oxygen atoms in total. The van der Waals surface area contributed by atoms with Crippen LogP contribution in [0.4, 0.5) is 5.69 Å². The van der Waals surface area contributed by atoms with E-state index >= 15 is 0 Å². The van der Waals surface area contributed by atoms with E-state index in [1.807, 2.05) is 29.2 Å². The van der Waals surface area contributed by atoms with Crippen LogP contribution in [-0.2, 0) is 9.59 Å². The minimum absolute atomic E-state index is 0.0528. The normalized spacial score (nSPS) is 22.2. The number of rotatable bonds is 7. The first-order valence-corrected chi connectivity index (χ1v) is 10.0. The molecule has 0 spiro atoms. The number of nitrogens with zero attached hydrogens (tertiary/aromatic N) is 2. The van der Waals surface area contributed by atoms with Crippen molar-refractivity contribution in [3.63, 3.8) is 0 Å². The molecule has 2 aliphatic rings. The highest BCUT2D eigenvalue weighted by molar-refractivity contribution is 6.30. The average Bonchev–Trinajstić information content (AvgIpc) is 3.45. The molecule has 1 saturated carbocycles. The van der Waals surface area contributed by atoms with Gasteiger partial charge in [-0.1, -0.05) is 37.4 Å². The van der Waals surface area contributed by atoms with Gasteiger partial charge in [-0.3, -0.25) is 9.59 Å². The second-order valence-electron chi connectivity index (χ2n) is 7.24. The predicted octanol–water partition coefficient (Wildman–Crippen LogP) is 2.93. The van der Waals surface area contributed by atoms with E-state index in [9.17, 15) is 9.59 Å². The van der Waals surface area contributed by atoms with E-state index in [1.165, 1.54) is 0 Å². The third-order valence-corrected chi connectivity index (χ3v) is 5.52. The van der Waals surface area contributed by atoms with Gasteiger partial charge in [-0.05, 0) is 31.0 Å². The molecule has 1 aromatic rings. The second kappa shape index (κ2) is 8.76. The molecule has 2 amide bonds. The van der Waals surface area contributed by atoms with Gasteiger partial charge >= 0.3 is 0 Å². The monoisotopic (exact) mass is 377 g/mol. The van der Waals surface area contributed by atoms with Gasteiger partial charge in [-0.15, -0.1) is 0 Å². The highest BCUT2D eigenvalue weighted by atomic mass is 35.5. The number of carbonyl (C=O) groups excluding carboxylic acids is 2. The summed E-state index contributed by atoms with van der Waals surface area (Å²) in [4.78, 5) is 29.0. The molecule has 1 heterocycles. The summed E-state index contributed by atoms with van der Waals surface area (Å²) in [5, 5.41) is 3.70. The maximum atomic E-state index is 12.7. The maximum absolute atomic E-state index is 12.7. The number of amides is 2. The van der Waals surface area contributed by atoms with Crippen molar-refractivity contribution in [3.8, 4) is 0 Å². The Morgan fingerprint density at radius 1 is 1.15 bits per heavy atom. The number of halogens is 1. The average molecular weight is 378 g/mol. The molecule has 3 rings (SSSR count). The fraction of sp³-hybridized carbons (Fsp3) is 0.600. The van der Waals surface area contributed by atoms with Gasteiger partial charge in [0.15, 0.2) is 0 Å². The summed E-state index contributed by atoms with van der Waals surface area (Å²) in [7, 11) is 0. The summed E-state index contributed by atoms with van der Waals surface area (Å²) >= 11 is 6.06. The molecule has 2 atom stereocenters. The summed E-state index contributed by atoms with van der Waals surface area (Å²) in [5.74, 6) is -0.0320. The van der Waals surface area contributed by atoms with Crippen LogP contribution in [0.1, 0.15) is 32.6 Å². The van der Waals surface area contributed by atoms with Crippen LogP contribution in [-0.4, -0.2) is 49.4 Å². The summed E-state index contributed by atoms with van der Waals surface area (Å²) in [6.45, 7) is 5.87. The van der Waals surface area contributed by atoms with Gasteiger partial charge in [-0.25, -0.2) is 0 Å². The number of anilines is 1. The van der Waals surface area contributed by atoms with E-state index in [-0.39, 0.29) is 23.7 Å². The lowest BCUT2D eigenvalue weighted by Crippen LogP contribution is -2.49. The van der Waals surface area contributed by atoms with Crippen molar-refractivity contribution in [2.45, 2.75) is 32.6 Å². The number of carbonyl (C=O) groups is 2. The number of unbranched alkanes of at least 4 members (excludes halogenated alkanes) is 2. The van der Waals surface area contributed by atoms with Crippen molar-refractivity contribution >= 4 is 29.1 Å². The van der Waals surface area contributed by atoms with E-state index < -0.39 is 0 Å². The van der Waals surface area contributed by atoms with Crippen LogP contribution in [0.5, 0.6) is 0 Å². The van der Waals surface area contributed by atoms with Crippen molar-refractivity contribution in [1.29, 1.82) is 0 Å². The van der Waals surface area contributed by atoms with Crippen molar-refractivity contribution in [3.05, 3.63) is 29.3 Å². The smallest absolute Gasteiger partial charge is 0.226 e. The molecule has 1 saturated heterocycles. The highest BCUT2D eigenvalue weighted by Gasteiger charge is 2.49. The third-order valence-electron chi connectivity index (χ3n) is 5.29. The lowest BCUT2D eigenvalue weighted by atomic mass is 10.2. The zero-order valence-electron chi connectivity index (χ0n) is 15.4. The first-order chi connectivity index (χ1) is 12.6. The molecule has 6 heteroatoms. The van der Waals surface area contributed by atoms with Gasteiger partial charge in [0.2, 0.25) is 11.8 Å². The van der Waals surface area contributed by atoms with Crippen LogP contribution < -0.4 is 10.2 Å². The summed E-state index contributed by atoms with van der Waals surface area (Å²) in [5.41, 5.74) is 1.10. The second-order valence-corrected chi connectivity index (χ2v) is 7.68. The van der Waals surface area contributed by atoms with E-state index in [0.717, 1.165) is 49.6 Å². The molecular weight excluding hydrogens is 350 g/mol. The Labute approximate surface area is 160 Å². The van der Waals surface area contributed by atoms with Crippen LogP contribution in [0.2, 0.25) is 5.02 Å². The van der Waals surface area contributed by atoms with Gasteiger partial charge in [-0.2, -0.15) is 0 Å². The molecule has 1 aromatic carbocycles. The Morgan fingerprint density at radius 3 is 2.62 bits per heavy atom. The Bertz CT molecular complexity index is 644. The Hall–Kier alpha value is -1.75. The van der Waals surface area contributed by atoms with Crippen LogP contribution in [0.15, 0.2) is 24.3 Å². The maximum Gasteiger partial charge on any atom is 0.226 e. The number of piperazine rings is 1. The zero-order chi connectivity index (χ0) is 18.5. The molecule has 1 aliphatic carbocycles. The largest absolute Gasteiger partial charge is 0.368 e. The molecular formula is C20H28ClN3O2. The molecule has 26 heavy (non-hydrogen) atoms. The van der Waals surface area contributed by atoms with E-state index in [0.29, 0.717) is 19.5 Å². The SMILES string of the molecule is CCCCCNC(=O)C1CC1C(=O)N1CCN(c2cccc(Cl)c2)CC1. The zero-order valence-corrected chi connectivity index (χ0v) is 16.2. The van der Waals surface area contributed by atoms with Crippen LogP contribution in [0.25, 0.3) is 0 Å². The topological polar surface area (TPSA) is 52.7 Å². The van der Waals surface area contributed by atoms with Gasteiger partial charge in [0.05, 0.1) is 11.8 Å². The van der Waals surface area contributed by atoms with Crippen LogP contribution in [0, 0.1) is 11.8 Å². The number of hydrogen-bond donors (Lipinski definition) is 1. The minimum atomic E-state index is -0.116. The standard InChI is InChI=1S/C20H28ClN3O2/c1-2-3-4-8-22-19(25)17-14-18(17)20(26)24-11-9-23(10-12-24)16-7-5-6-15(21)13-16/h5-7,13,17-18H,2-4,8-12,14H2,1H3,(H,22,25). The molecule has 0 aromatic heterocycles. The fourth-order valence-corrected chi connectivity index (χ4v) is 3.75. The molecule has 2 unspecified atom stereocenters. The van der Waals surface area contributed by atoms with Gasteiger partial charge in [0.1, 0.15) is 0 Å². The Kier molecular flexibility index (Phi) is 6.41. The molecule has 1 N–H and O–H groups in total. The quantitative estimate of drug-likeness (QED) is 0.743. The summed E-state index contributed by atoms with van der Waals surface area (Å²) in [6.07, 6.45) is 3.98. The number of nitrogens with one attached hydrogen (secondary N) is 1. The van der Waals surface area contributed by atoms with E-state index in [4.69, 9.17) is 11.6 Å².